The number of aliphatic hydroxyl groups excluding tert-OH is 1. The number of rotatable bonds is 11. The SMILES string of the molecule is CC(=O)OC1CC(=O)N1c1ccc(CN2C(=O)[C@@]3(O[C@@H](CCn4cc(C(CO)c5ccccc5)nn4)[C@H]([Si](C)(C)O)[C@H]3C)c3cc(Br)ccc32)cc1. The van der Waals surface area contributed by atoms with Crippen molar-refractivity contribution in [3.63, 3.8) is 0 Å². The second-order valence-corrected chi connectivity index (χ2v) is 19.3. The minimum Gasteiger partial charge on any atom is -0.441 e. The van der Waals surface area contributed by atoms with E-state index in [4.69, 9.17) is 9.47 Å². The molecule has 3 aromatic carbocycles. The lowest BCUT2D eigenvalue weighted by molar-refractivity contribution is -0.154. The number of β-lactam (4-membered cyclic amide) rings is 1. The number of ether oxygens (including phenoxy) is 2. The lowest BCUT2D eigenvalue weighted by atomic mass is 9.82. The van der Waals surface area contributed by atoms with Crippen LogP contribution in [0.15, 0.2) is 83.5 Å². The normalized spacial score (nSPS) is 24.7. The summed E-state index contributed by atoms with van der Waals surface area (Å²) in [6, 6.07) is 22.8. The van der Waals surface area contributed by atoms with E-state index in [0.717, 1.165) is 26.9 Å². The fourth-order valence-corrected chi connectivity index (χ4v) is 11.3. The molecule has 272 valence electrons. The van der Waals surface area contributed by atoms with Gasteiger partial charge in [0.05, 0.1) is 43.0 Å². The van der Waals surface area contributed by atoms with Crippen molar-refractivity contribution in [2.45, 2.75) is 82.3 Å². The summed E-state index contributed by atoms with van der Waals surface area (Å²) in [5, 5.41) is 18.9. The van der Waals surface area contributed by atoms with Crippen LogP contribution in [-0.2, 0) is 42.5 Å². The summed E-state index contributed by atoms with van der Waals surface area (Å²) in [5.41, 5.74) is 2.98. The predicted octanol–water partition coefficient (Wildman–Crippen LogP) is 5.23. The molecule has 3 aliphatic rings. The molecule has 2 unspecified atom stereocenters. The molecule has 2 fully saturated rings. The zero-order valence-electron chi connectivity index (χ0n) is 29.5. The Bertz CT molecular complexity index is 1990. The quantitative estimate of drug-likeness (QED) is 0.119. The first-order valence-electron chi connectivity index (χ1n) is 17.5. The first-order chi connectivity index (χ1) is 24.8. The number of nitrogens with zero attached hydrogens (tertiary/aromatic N) is 5. The van der Waals surface area contributed by atoms with Crippen molar-refractivity contribution < 1.29 is 33.8 Å². The average molecular weight is 789 g/mol. The number of benzene rings is 3. The number of aliphatic hydroxyl groups is 1. The van der Waals surface area contributed by atoms with E-state index in [1.54, 1.807) is 21.7 Å². The van der Waals surface area contributed by atoms with E-state index in [1.807, 2.05) is 86.9 Å². The minimum atomic E-state index is -2.89. The summed E-state index contributed by atoms with van der Waals surface area (Å²) >= 11 is 3.62. The number of anilines is 2. The van der Waals surface area contributed by atoms with Gasteiger partial charge in [-0.3, -0.25) is 24.0 Å². The molecule has 0 saturated carbocycles. The van der Waals surface area contributed by atoms with Gasteiger partial charge < -0.3 is 24.3 Å². The van der Waals surface area contributed by atoms with Crippen LogP contribution in [0.1, 0.15) is 55.0 Å². The third kappa shape index (κ3) is 6.40. The first-order valence-corrected chi connectivity index (χ1v) is 21.3. The van der Waals surface area contributed by atoms with Crippen molar-refractivity contribution >= 4 is 53.4 Å². The summed E-state index contributed by atoms with van der Waals surface area (Å²) in [6.07, 6.45) is 1.41. The van der Waals surface area contributed by atoms with E-state index in [0.29, 0.717) is 24.3 Å². The molecule has 1 aromatic heterocycles. The monoisotopic (exact) mass is 787 g/mol. The van der Waals surface area contributed by atoms with E-state index in [2.05, 4.69) is 26.2 Å². The van der Waals surface area contributed by atoms with Gasteiger partial charge in [0.2, 0.25) is 5.91 Å². The molecule has 0 aliphatic carbocycles. The number of hydrogen-bond acceptors (Lipinski definition) is 9. The van der Waals surface area contributed by atoms with E-state index >= 15 is 0 Å². The Morgan fingerprint density at radius 3 is 2.50 bits per heavy atom. The molecular formula is C38H42BrN5O7Si. The molecule has 14 heteroatoms. The maximum atomic E-state index is 14.8. The van der Waals surface area contributed by atoms with Crippen LogP contribution in [0.25, 0.3) is 0 Å². The van der Waals surface area contributed by atoms with Crippen LogP contribution in [-0.4, -0.2) is 69.9 Å². The van der Waals surface area contributed by atoms with Crippen LogP contribution < -0.4 is 9.80 Å². The third-order valence-corrected chi connectivity index (χ3v) is 13.6. The first kappa shape index (κ1) is 36.2. The minimum absolute atomic E-state index is 0.104. The van der Waals surface area contributed by atoms with Crippen LogP contribution in [0.3, 0.4) is 0 Å². The van der Waals surface area contributed by atoms with Crippen LogP contribution in [0.4, 0.5) is 11.4 Å². The summed E-state index contributed by atoms with van der Waals surface area (Å²) < 4.78 is 14.8. The molecule has 6 atom stereocenters. The highest BCUT2D eigenvalue weighted by molar-refractivity contribution is 9.10. The van der Waals surface area contributed by atoms with Crippen molar-refractivity contribution in [3.8, 4) is 0 Å². The van der Waals surface area contributed by atoms with Crippen LogP contribution in [0.2, 0.25) is 18.6 Å². The number of esters is 1. The van der Waals surface area contributed by atoms with Gasteiger partial charge in [-0.05, 0) is 61.0 Å². The number of carbonyl (C=O) groups is 3. The molecule has 0 radical (unpaired) electrons. The van der Waals surface area contributed by atoms with Gasteiger partial charge in [-0.25, -0.2) is 0 Å². The second-order valence-electron chi connectivity index (χ2n) is 14.5. The van der Waals surface area contributed by atoms with Gasteiger partial charge in [-0.15, -0.1) is 5.10 Å². The Morgan fingerprint density at radius 2 is 1.85 bits per heavy atom. The molecule has 2 N–H and O–H groups in total. The molecule has 2 saturated heterocycles. The molecule has 0 bridgehead atoms. The van der Waals surface area contributed by atoms with Gasteiger partial charge in [0.15, 0.2) is 20.1 Å². The molecule has 7 rings (SSSR count). The fourth-order valence-electron chi connectivity index (χ4n) is 8.30. The van der Waals surface area contributed by atoms with Gasteiger partial charge in [0.25, 0.3) is 5.91 Å². The maximum Gasteiger partial charge on any atom is 0.304 e. The summed E-state index contributed by atoms with van der Waals surface area (Å²) in [6.45, 7) is 7.74. The Balaban J connectivity index is 1.14. The smallest absolute Gasteiger partial charge is 0.304 e. The number of hydrogen-bond donors (Lipinski definition) is 2. The van der Waals surface area contributed by atoms with Crippen molar-refractivity contribution in [1.82, 2.24) is 15.0 Å². The standard InChI is InChI=1S/C38H42BrN5O7Si/c1-23-36(52(3,4)49)33(16-17-42-21-31(40-41-42)29(22-45)26-8-6-5-7-9-26)51-38(23)30-18-27(39)12-15-32(30)43(37(38)48)20-25-10-13-28(14-11-25)44-34(47)19-35(44)50-24(2)46/h5-15,18,21,23,29,33,35-36,45,49H,16-17,19-20,22H2,1-4H3/t23-,29?,33+,35?,36-,38+/m1/s1. The molecule has 4 heterocycles. The third-order valence-electron chi connectivity index (χ3n) is 10.6. The average Bonchev–Trinajstić information content (AvgIpc) is 3.75. The van der Waals surface area contributed by atoms with Crippen molar-refractivity contribution in [2.75, 3.05) is 16.4 Å². The van der Waals surface area contributed by atoms with E-state index in [-0.39, 0.29) is 48.8 Å². The highest BCUT2D eigenvalue weighted by atomic mass is 79.9. The Hall–Kier alpha value is -4.21. The van der Waals surface area contributed by atoms with Crippen molar-refractivity contribution in [1.29, 1.82) is 0 Å². The highest BCUT2D eigenvalue weighted by Crippen LogP contribution is 2.60. The molecule has 4 aromatic rings. The number of aryl methyl sites for hydroxylation is 1. The Labute approximate surface area is 311 Å². The zero-order chi connectivity index (χ0) is 36.9. The van der Waals surface area contributed by atoms with Crippen molar-refractivity contribution in [2.24, 2.45) is 5.92 Å². The topological polar surface area (TPSA) is 147 Å². The number of amides is 2. The van der Waals surface area contributed by atoms with Crippen molar-refractivity contribution in [3.05, 3.63) is 106 Å². The lowest BCUT2D eigenvalue weighted by Crippen LogP contribution is -2.54. The Morgan fingerprint density at radius 1 is 1.12 bits per heavy atom. The molecular weight excluding hydrogens is 746 g/mol. The Kier molecular flexibility index (Phi) is 9.72. The largest absolute Gasteiger partial charge is 0.441 e. The number of halogens is 1. The molecule has 1 spiro atoms. The van der Waals surface area contributed by atoms with Gasteiger partial charge in [-0.2, -0.15) is 0 Å². The highest BCUT2D eigenvalue weighted by Gasteiger charge is 2.66. The fraction of sp³-hybridized carbons (Fsp3) is 0.395. The summed E-state index contributed by atoms with van der Waals surface area (Å²) in [5.74, 6) is -1.41. The van der Waals surface area contributed by atoms with Gasteiger partial charge in [-0.1, -0.05) is 70.5 Å². The molecule has 3 aliphatic heterocycles. The summed E-state index contributed by atoms with van der Waals surface area (Å²) in [4.78, 5) is 53.6. The molecule has 2 amide bonds. The molecule has 12 nitrogen and oxygen atoms in total. The van der Waals surface area contributed by atoms with Crippen LogP contribution >= 0.6 is 15.9 Å². The maximum absolute atomic E-state index is 14.8. The van der Waals surface area contributed by atoms with E-state index < -0.39 is 32.2 Å². The zero-order valence-corrected chi connectivity index (χ0v) is 32.1. The predicted molar refractivity (Wildman–Crippen MR) is 199 cm³/mol. The van der Waals surface area contributed by atoms with Gasteiger partial charge in [0.1, 0.15) is 0 Å². The van der Waals surface area contributed by atoms with Crippen LogP contribution in [0, 0.1) is 5.92 Å². The number of fused-ring (bicyclic) bond motifs is 2. The van der Waals surface area contributed by atoms with E-state index in [1.165, 1.54) is 11.8 Å². The number of carbonyl (C=O) groups excluding carboxylic acids is 3. The van der Waals surface area contributed by atoms with Gasteiger partial charge >= 0.3 is 5.97 Å². The second kappa shape index (κ2) is 14.0. The lowest BCUT2D eigenvalue weighted by Gasteiger charge is -2.39. The van der Waals surface area contributed by atoms with Crippen LogP contribution in [0.5, 0.6) is 0 Å². The van der Waals surface area contributed by atoms with Gasteiger partial charge in [0, 0.05) is 46.8 Å². The number of aromatic nitrogens is 3. The molecule has 52 heavy (non-hydrogen) atoms. The summed E-state index contributed by atoms with van der Waals surface area (Å²) in [7, 11) is -2.89. The van der Waals surface area contributed by atoms with E-state index in [9.17, 15) is 24.3 Å².